The lowest BCUT2D eigenvalue weighted by molar-refractivity contribution is 0.0698. The van der Waals surface area contributed by atoms with E-state index in [2.05, 4.69) is 26.0 Å². The highest BCUT2D eigenvalue weighted by molar-refractivity contribution is 6.05. The molecule has 0 radical (unpaired) electrons. The number of fused-ring (bicyclic) bond motifs is 1. The fraction of sp³-hybridized carbons (Fsp3) is 0.273. The van der Waals surface area contributed by atoms with Gasteiger partial charge in [-0.25, -0.2) is 9.78 Å². The van der Waals surface area contributed by atoms with Gasteiger partial charge in [-0.1, -0.05) is 49.7 Å². The average molecular weight is 333 g/mol. The molecule has 0 fully saturated rings. The van der Waals surface area contributed by atoms with Gasteiger partial charge in [-0.05, 0) is 49.4 Å². The number of aromatic carboxylic acids is 1. The van der Waals surface area contributed by atoms with Crippen LogP contribution >= 0.6 is 0 Å². The van der Waals surface area contributed by atoms with Crippen LogP contribution in [0.2, 0.25) is 0 Å². The molecular weight excluding hydrogens is 310 g/mol. The van der Waals surface area contributed by atoms with E-state index in [1.54, 1.807) is 0 Å². The summed E-state index contributed by atoms with van der Waals surface area (Å²) in [6.45, 7) is 8.20. The van der Waals surface area contributed by atoms with Crippen molar-refractivity contribution >= 4 is 16.9 Å². The standard InChI is InChI=1S/C22H23NO2/c1-13(2)11-16-6-8-17(9-7-16)21-15(4)20(22(24)25)18-12-14(3)5-10-19(18)23-21/h5-10,12-13H,11H2,1-4H3,(H,24,25). The minimum absolute atomic E-state index is 0.343. The van der Waals surface area contributed by atoms with Gasteiger partial charge in [-0.15, -0.1) is 0 Å². The topological polar surface area (TPSA) is 50.2 Å². The smallest absolute Gasteiger partial charge is 0.336 e. The van der Waals surface area contributed by atoms with Gasteiger partial charge < -0.3 is 5.11 Å². The van der Waals surface area contributed by atoms with E-state index < -0.39 is 5.97 Å². The first-order valence-corrected chi connectivity index (χ1v) is 8.60. The molecule has 0 bridgehead atoms. The lowest BCUT2D eigenvalue weighted by atomic mass is 9.95. The quantitative estimate of drug-likeness (QED) is 0.694. The zero-order valence-corrected chi connectivity index (χ0v) is 15.1. The van der Waals surface area contributed by atoms with E-state index in [0.717, 1.165) is 28.8 Å². The number of aromatic nitrogens is 1. The van der Waals surface area contributed by atoms with Crippen LogP contribution < -0.4 is 0 Å². The highest BCUT2D eigenvalue weighted by atomic mass is 16.4. The lowest BCUT2D eigenvalue weighted by Gasteiger charge is -2.13. The second-order valence-electron chi connectivity index (χ2n) is 7.08. The number of carboxylic acid groups (broad SMARTS) is 1. The number of rotatable bonds is 4. The molecule has 0 aliphatic carbocycles. The molecule has 1 heterocycles. The van der Waals surface area contributed by atoms with Crippen molar-refractivity contribution in [1.82, 2.24) is 4.98 Å². The van der Waals surface area contributed by atoms with Crippen molar-refractivity contribution in [2.45, 2.75) is 34.1 Å². The molecular formula is C22H23NO2. The Hall–Kier alpha value is -2.68. The Morgan fingerprint density at radius 1 is 1.08 bits per heavy atom. The van der Waals surface area contributed by atoms with Gasteiger partial charge in [0.2, 0.25) is 0 Å². The first kappa shape index (κ1) is 17.2. The van der Waals surface area contributed by atoms with Gasteiger partial charge in [0.15, 0.2) is 0 Å². The van der Waals surface area contributed by atoms with Crippen LogP contribution in [0.4, 0.5) is 0 Å². The zero-order chi connectivity index (χ0) is 18.1. The summed E-state index contributed by atoms with van der Waals surface area (Å²) in [6, 6.07) is 14.1. The minimum atomic E-state index is -0.909. The van der Waals surface area contributed by atoms with Gasteiger partial charge in [0.1, 0.15) is 0 Å². The highest BCUT2D eigenvalue weighted by Crippen LogP contribution is 2.30. The van der Waals surface area contributed by atoms with Gasteiger partial charge in [0, 0.05) is 10.9 Å². The number of nitrogens with zero attached hydrogens (tertiary/aromatic N) is 1. The van der Waals surface area contributed by atoms with Crippen LogP contribution in [-0.2, 0) is 6.42 Å². The van der Waals surface area contributed by atoms with Crippen molar-refractivity contribution in [3.05, 3.63) is 64.7 Å². The van der Waals surface area contributed by atoms with Crippen molar-refractivity contribution in [3.8, 4) is 11.3 Å². The van der Waals surface area contributed by atoms with E-state index >= 15 is 0 Å². The molecule has 0 amide bonds. The van der Waals surface area contributed by atoms with Crippen molar-refractivity contribution in [2.24, 2.45) is 5.92 Å². The molecule has 0 aliphatic heterocycles. The Kier molecular flexibility index (Phi) is 4.58. The molecule has 1 aromatic heterocycles. The second-order valence-corrected chi connectivity index (χ2v) is 7.08. The molecule has 0 unspecified atom stereocenters. The molecule has 3 nitrogen and oxygen atoms in total. The number of hydrogen-bond acceptors (Lipinski definition) is 2. The zero-order valence-electron chi connectivity index (χ0n) is 15.1. The van der Waals surface area contributed by atoms with E-state index in [1.165, 1.54) is 5.56 Å². The first-order chi connectivity index (χ1) is 11.9. The van der Waals surface area contributed by atoms with E-state index in [-0.39, 0.29) is 0 Å². The summed E-state index contributed by atoms with van der Waals surface area (Å²) in [6.07, 6.45) is 1.03. The van der Waals surface area contributed by atoms with Gasteiger partial charge in [0.25, 0.3) is 0 Å². The Labute approximate surface area is 148 Å². The SMILES string of the molecule is Cc1ccc2nc(-c3ccc(CC(C)C)cc3)c(C)c(C(=O)O)c2c1. The summed E-state index contributed by atoms with van der Waals surface area (Å²) in [4.78, 5) is 16.6. The molecule has 3 heteroatoms. The van der Waals surface area contributed by atoms with Crippen LogP contribution in [0.1, 0.15) is 40.9 Å². The third kappa shape index (κ3) is 3.41. The Bertz CT molecular complexity index is 940. The van der Waals surface area contributed by atoms with Gasteiger partial charge >= 0.3 is 5.97 Å². The third-order valence-corrected chi connectivity index (χ3v) is 4.47. The van der Waals surface area contributed by atoms with Crippen LogP contribution in [0.15, 0.2) is 42.5 Å². The fourth-order valence-electron chi connectivity index (χ4n) is 3.30. The summed E-state index contributed by atoms with van der Waals surface area (Å²) in [5.41, 5.74) is 5.78. The lowest BCUT2D eigenvalue weighted by Crippen LogP contribution is -2.05. The maximum atomic E-state index is 11.9. The Morgan fingerprint density at radius 3 is 2.36 bits per heavy atom. The minimum Gasteiger partial charge on any atom is -0.478 e. The van der Waals surface area contributed by atoms with Crippen molar-refractivity contribution < 1.29 is 9.90 Å². The third-order valence-electron chi connectivity index (χ3n) is 4.47. The summed E-state index contributed by atoms with van der Waals surface area (Å²) in [5.74, 6) is -0.304. The number of aryl methyl sites for hydroxylation is 1. The maximum absolute atomic E-state index is 11.9. The van der Waals surface area contributed by atoms with E-state index in [9.17, 15) is 9.90 Å². The van der Waals surface area contributed by atoms with Crippen LogP contribution in [0.5, 0.6) is 0 Å². The molecule has 3 aromatic rings. The summed E-state index contributed by atoms with van der Waals surface area (Å²) >= 11 is 0. The fourth-order valence-corrected chi connectivity index (χ4v) is 3.30. The summed E-state index contributed by atoms with van der Waals surface area (Å²) < 4.78 is 0. The predicted molar refractivity (Wildman–Crippen MR) is 102 cm³/mol. The number of carbonyl (C=O) groups is 1. The largest absolute Gasteiger partial charge is 0.478 e. The molecule has 3 rings (SSSR count). The molecule has 0 spiro atoms. The number of carboxylic acids is 1. The van der Waals surface area contributed by atoms with E-state index in [4.69, 9.17) is 4.98 Å². The Morgan fingerprint density at radius 2 is 1.76 bits per heavy atom. The van der Waals surface area contributed by atoms with Crippen LogP contribution in [0.25, 0.3) is 22.2 Å². The average Bonchev–Trinajstić information content (AvgIpc) is 2.54. The molecule has 25 heavy (non-hydrogen) atoms. The molecule has 2 aromatic carbocycles. The number of benzene rings is 2. The van der Waals surface area contributed by atoms with E-state index in [1.807, 2.05) is 44.2 Å². The normalized spacial score (nSPS) is 11.2. The second kappa shape index (κ2) is 6.67. The summed E-state index contributed by atoms with van der Waals surface area (Å²) in [7, 11) is 0. The van der Waals surface area contributed by atoms with Crippen LogP contribution in [0.3, 0.4) is 0 Å². The van der Waals surface area contributed by atoms with Gasteiger partial charge in [-0.3, -0.25) is 0 Å². The number of hydrogen-bond donors (Lipinski definition) is 1. The monoisotopic (exact) mass is 333 g/mol. The van der Waals surface area contributed by atoms with Crippen molar-refractivity contribution in [2.75, 3.05) is 0 Å². The molecule has 0 saturated heterocycles. The Balaban J connectivity index is 2.18. The molecule has 128 valence electrons. The highest BCUT2D eigenvalue weighted by Gasteiger charge is 2.18. The van der Waals surface area contributed by atoms with Gasteiger partial charge in [-0.2, -0.15) is 0 Å². The molecule has 1 N–H and O–H groups in total. The molecule has 0 atom stereocenters. The van der Waals surface area contributed by atoms with Crippen LogP contribution in [-0.4, -0.2) is 16.1 Å². The van der Waals surface area contributed by atoms with Crippen molar-refractivity contribution in [1.29, 1.82) is 0 Å². The molecule has 0 aliphatic rings. The van der Waals surface area contributed by atoms with Crippen molar-refractivity contribution in [3.63, 3.8) is 0 Å². The summed E-state index contributed by atoms with van der Waals surface area (Å²) in [5, 5.41) is 10.4. The maximum Gasteiger partial charge on any atom is 0.336 e. The molecule has 0 saturated carbocycles. The first-order valence-electron chi connectivity index (χ1n) is 8.60. The number of pyridine rings is 1. The predicted octanol–water partition coefficient (Wildman–Crippen LogP) is 5.42. The van der Waals surface area contributed by atoms with E-state index in [0.29, 0.717) is 22.4 Å². The van der Waals surface area contributed by atoms with Crippen LogP contribution in [0, 0.1) is 19.8 Å². The van der Waals surface area contributed by atoms with Gasteiger partial charge in [0.05, 0.1) is 16.8 Å².